The highest BCUT2D eigenvalue weighted by Crippen LogP contribution is 2.26. The van der Waals surface area contributed by atoms with Crippen LogP contribution in [0.15, 0.2) is 48.5 Å². The normalized spacial score (nSPS) is 10.5. The first kappa shape index (κ1) is 14.1. The van der Waals surface area contributed by atoms with E-state index in [1.54, 1.807) is 0 Å². The Hall–Kier alpha value is -1.30. The average Bonchev–Trinajstić information content (AvgIpc) is 2.42. The first-order chi connectivity index (χ1) is 9.27. The zero-order chi connectivity index (χ0) is 13.5. The number of hydrogen-bond acceptors (Lipinski definition) is 5. The molecule has 19 heavy (non-hydrogen) atoms. The van der Waals surface area contributed by atoms with E-state index in [0.717, 1.165) is 34.0 Å². The average molecular weight is 292 g/mol. The van der Waals surface area contributed by atoms with Crippen molar-refractivity contribution in [3.8, 4) is 0 Å². The molecular weight excluding hydrogens is 276 g/mol. The molecule has 0 unspecified atom stereocenters. The number of benzene rings is 2. The number of hydrogen-bond donors (Lipinski definition) is 2. The lowest BCUT2D eigenvalue weighted by Crippen LogP contribution is -1.92. The van der Waals surface area contributed by atoms with Crippen LogP contribution in [-0.4, -0.2) is 0 Å². The fourth-order valence-electron chi connectivity index (χ4n) is 1.54. The molecule has 2 aromatic rings. The quantitative estimate of drug-likeness (QED) is 0.481. The Morgan fingerprint density at radius 2 is 1.16 bits per heavy atom. The van der Waals surface area contributed by atoms with Gasteiger partial charge in [0.05, 0.1) is 0 Å². The van der Waals surface area contributed by atoms with Gasteiger partial charge in [0, 0.05) is 47.0 Å². The monoisotopic (exact) mass is 292 g/mol. The van der Waals surface area contributed by atoms with Crippen molar-refractivity contribution >= 4 is 35.5 Å². The molecule has 0 saturated heterocycles. The SMILES string of the molecule is Nc1ccccc1CSOSCc1ccccc1N. The second-order valence-electron chi connectivity index (χ2n) is 3.99. The summed E-state index contributed by atoms with van der Waals surface area (Å²) < 4.78 is 5.47. The van der Waals surface area contributed by atoms with Crippen molar-refractivity contribution in [3.63, 3.8) is 0 Å². The molecule has 0 spiro atoms. The zero-order valence-corrected chi connectivity index (χ0v) is 12.0. The van der Waals surface area contributed by atoms with Crippen molar-refractivity contribution < 1.29 is 3.63 Å². The van der Waals surface area contributed by atoms with Crippen LogP contribution >= 0.6 is 24.1 Å². The van der Waals surface area contributed by atoms with Crippen LogP contribution in [0, 0.1) is 0 Å². The molecule has 0 saturated carbocycles. The van der Waals surface area contributed by atoms with Gasteiger partial charge >= 0.3 is 0 Å². The first-order valence-electron chi connectivity index (χ1n) is 5.85. The fourth-order valence-corrected chi connectivity index (χ4v) is 2.98. The van der Waals surface area contributed by atoms with E-state index < -0.39 is 0 Å². The summed E-state index contributed by atoms with van der Waals surface area (Å²) in [6.45, 7) is 0. The van der Waals surface area contributed by atoms with Gasteiger partial charge in [-0.3, -0.25) is 0 Å². The molecule has 2 aromatic carbocycles. The van der Waals surface area contributed by atoms with Crippen LogP contribution < -0.4 is 11.5 Å². The van der Waals surface area contributed by atoms with Crippen molar-refractivity contribution in [3.05, 3.63) is 59.7 Å². The standard InChI is InChI=1S/C14H16N2OS2/c15-13-7-3-1-5-11(13)9-18-17-19-10-12-6-2-4-8-14(12)16/h1-8H,9-10,15-16H2. The van der Waals surface area contributed by atoms with Gasteiger partial charge < -0.3 is 11.5 Å². The number of anilines is 2. The van der Waals surface area contributed by atoms with Crippen molar-refractivity contribution in [2.45, 2.75) is 11.5 Å². The molecule has 0 aliphatic rings. The molecule has 0 aromatic heterocycles. The van der Waals surface area contributed by atoms with E-state index in [-0.39, 0.29) is 0 Å². The van der Waals surface area contributed by atoms with Crippen LogP contribution in [0.25, 0.3) is 0 Å². The van der Waals surface area contributed by atoms with Gasteiger partial charge in [-0.2, -0.15) is 0 Å². The van der Waals surface area contributed by atoms with Crippen LogP contribution in [0.5, 0.6) is 0 Å². The lowest BCUT2D eigenvalue weighted by atomic mass is 10.2. The number of nitrogen functional groups attached to an aromatic ring is 2. The number of nitrogens with two attached hydrogens (primary N) is 2. The molecule has 0 fully saturated rings. The van der Waals surface area contributed by atoms with Crippen LogP contribution in [-0.2, 0) is 15.1 Å². The van der Waals surface area contributed by atoms with Gasteiger partial charge in [0.1, 0.15) is 0 Å². The minimum atomic E-state index is 0.740. The third kappa shape index (κ3) is 4.38. The van der Waals surface area contributed by atoms with Crippen molar-refractivity contribution in [2.24, 2.45) is 0 Å². The molecule has 0 aliphatic carbocycles. The minimum Gasteiger partial charge on any atom is -0.398 e. The van der Waals surface area contributed by atoms with Gasteiger partial charge in [0.2, 0.25) is 0 Å². The molecule has 4 N–H and O–H groups in total. The van der Waals surface area contributed by atoms with E-state index in [1.165, 1.54) is 24.1 Å². The summed E-state index contributed by atoms with van der Waals surface area (Å²) in [6.07, 6.45) is 0. The maximum Gasteiger partial charge on any atom is 0.0481 e. The summed E-state index contributed by atoms with van der Waals surface area (Å²) in [6, 6.07) is 15.6. The third-order valence-electron chi connectivity index (χ3n) is 2.64. The third-order valence-corrected chi connectivity index (χ3v) is 4.26. The Morgan fingerprint density at radius 1 is 0.737 bits per heavy atom. The predicted octanol–water partition coefficient (Wildman–Crippen LogP) is 3.86. The van der Waals surface area contributed by atoms with Crippen molar-refractivity contribution in [1.29, 1.82) is 0 Å². The fraction of sp³-hybridized carbons (Fsp3) is 0.143. The van der Waals surface area contributed by atoms with Crippen LogP contribution in [0.1, 0.15) is 11.1 Å². The van der Waals surface area contributed by atoms with E-state index in [1.807, 2.05) is 48.5 Å². The molecule has 0 aliphatic heterocycles. The molecule has 0 bridgehead atoms. The molecule has 0 heterocycles. The molecule has 0 radical (unpaired) electrons. The van der Waals surface area contributed by atoms with Gasteiger partial charge in [0.15, 0.2) is 0 Å². The molecule has 5 heteroatoms. The van der Waals surface area contributed by atoms with Crippen molar-refractivity contribution in [1.82, 2.24) is 0 Å². The maximum atomic E-state index is 5.85. The molecule has 2 rings (SSSR count). The largest absolute Gasteiger partial charge is 0.398 e. The van der Waals surface area contributed by atoms with Gasteiger partial charge in [-0.25, -0.2) is 3.63 Å². The number of para-hydroxylation sites is 2. The topological polar surface area (TPSA) is 61.3 Å². The molecular formula is C14H16N2OS2. The van der Waals surface area contributed by atoms with Gasteiger partial charge in [0.25, 0.3) is 0 Å². The molecule has 100 valence electrons. The van der Waals surface area contributed by atoms with Crippen LogP contribution in [0.4, 0.5) is 11.4 Å². The van der Waals surface area contributed by atoms with E-state index >= 15 is 0 Å². The second-order valence-corrected chi connectivity index (χ2v) is 5.58. The van der Waals surface area contributed by atoms with Crippen LogP contribution in [0.3, 0.4) is 0 Å². The lowest BCUT2D eigenvalue weighted by Gasteiger charge is -2.06. The molecule has 3 nitrogen and oxygen atoms in total. The van der Waals surface area contributed by atoms with Gasteiger partial charge in [-0.05, 0) is 23.3 Å². The Kier molecular flexibility index (Phi) is 5.44. The Morgan fingerprint density at radius 3 is 1.58 bits per heavy atom. The Bertz CT molecular complexity index is 487. The lowest BCUT2D eigenvalue weighted by molar-refractivity contribution is 0.755. The van der Waals surface area contributed by atoms with Crippen LogP contribution in [0.2, 0.25) is 0 Å². The minimum absolute atomic E-state index is 0.740. The highest BCUT2D eigenvalue weighted by atomic mass is 32.2. The Balaban J connectivity index is 1.71. The molecule has 0 atom stereocenters. The van der Waals surface area contributed by atoms with Gasteiger partial charge in [-0.15, -0.1) is 0 Å². The van der Waals surface area contributed by atoms with E-state index in [9.17, 15) is 0 Å². The summed E-state index contributed by atoms with van der Waals surface area (Å²) in [7, 11) is 0. The summed E-state index contributed by atoms with van der Waals surface area (Å²) in [5.74, 6) is 1.48. The summed E-state index contributed by atoms with van der Waals surface area (Å²) >= 11 is 2.78. The highest BCUT2D eigenvalue weighted by Gasteiger charge is 2.01. The predicted molar refractivity (Wildman–Crippen MR) is 85.4 cm³/mol. The summed E-state index contributed by atoms with van der Waals surface area (Å²) in [4.78, 5) is 0. The molecule has 0 amide bonds. The maximum absolute atomic E-state index is 5.85. The van der Waals surface area contributed by atoms with E-state index in [0.29, 0.717) is 0 Å². The zero-order valence-electron chi connectivity index (χ0n) is 10.4. The first-order valence-corrected chi connectivity index (χ1v) is 7.67. The highest BCUT2D eigenvalue weighted by molar-refractivity contribution is 8.07. The second kappa shape index (κ2) is 7.33. The summed E-state index contributed by atoms with van der Waals surface area (Å²) in [5, 5.41) is 0. The van der Waals surface area contributed by atoms with Crippen molar-refractivity contribution in [2.75, 3.05) is 11.5 Å². The van der Waals surface area contributed by atoms with E-state index in [2.05, 4.69) is 0 Å². The van der Waals surface area contributed by atoms with Gasteiger partial charge in [-0.1, -0.05) is 36.4 Å². The number of rotatable bonds is 6. The smallest absolute Gasteiger partial charge is 0.0481 e. The Labute approximate surface area is 122 Å². The summed E-state index contributed by atoms with van der Waals surface area (Å²) in [5.41, 5.74) is 15.5. The van der Waals surface area contributed by atoms with E-state index in [4.69, 9.17) is 15.1 Å².